The van der Waals surface area contributed by atoms with Crippen molar-refractivity contribution >= 4 is 33.8 Å². The van der Waals surface area contributed by atoms with Crippen molar-refractivity contribution in [2.24, 2.45) is 0 Å². The van der Waals surface area contributed by atoms with Crippen molar-refractivity contribution in [2.45, 2.75) is 6.44 Å². The summed E-state index contributed by atoms with van der Waals surface area (Å²) in [7, 11) is 0. The maximum atomic E-state index is 12.3. The van der Waals surface area contributed by atoms with Crippen molar-refractivity contribution in [3.8, 4) is 0 Å². The van der Waals surface area contributed by atoms with Crippen molar-refractivity contribution in [3.05, 3.63) is 39.4 Å². The van der Waals surface area contributed by atoms with Crippen molar-refractivity contribution in [2.75, 3.05) is 0 Å². The van der Waals surface area contributed by atoms with Crippen molar-refractivity contribution < 1.29 is 64.3 Å². The summed E-state index contributed by atoms with van der Waals surface area (Å²) in [5.74, 6) is 0. The molecule has 0 spiro atoms. The molecule has 0 amide bonds. The van der Waals surface area contributed by atoms with E-state index in [1.54, 1.807) is 12.1 Å². The number of hydrogen-bond donors (Lipinski definition) is 0. The van der Waals surface area contributed by atoms with Gasteiger partial charge in [0, 0.05) is 4.47 Å². The number of aromatic nitrogens is 2. The van der Waals surface area contributed by atoms with Gasteiger partial charge in [-0.3, -0.25) is 4.79 Å². The summed E-state index contributed by atoms with van der Waals surface area (Å²) < 4.78 is 38.0. The van der Waals surface area contributed by atoms with Gasteiger partial charge in [-0.2, -0.15) is 0 Å². The van der Waals surface area contributed by atoms with Crippen LogP contribution in [-0.4, -0.2) is 16.5 Å². The van der Waals surface area contributed by atoms with Gasteiger partial charge in [-0.05, 0) is 24.6 Å². The van der Waals surface area contributed by atoms with Gasteiger partial charge in [0.15, 0.2) is 0 Å². The molecule has 0 N–H and O–H groups in total. The molecule has 0 aliphatic carbocycles. The molecule has 3 nitrogen and oxygen atoms in total. The topological polar surface area (TPSA) is 34.9 Å². The molecule has 2 rings (SSSR count). The second kappa shape index (κ2) is 6.19. The Morgan fingerprint density at radius 2 is 2.00 bits per heavy atom. The molecule has 0 radical (unpaired) electrons. The van der Waals surface area contributed by atoms with Crippen LogP contribution in [0.25, 0.3) is 10.9 Å². The first-order valence-electron chi connectivity index (χ1n) is 4.72. The zero-order valence-corrected chi connectivity index (χ0v) is 14.1. The number of nitrogens with zero attached hydrogens (tertiary/aromatic N) is 2. The first kappa shape index (κ1) is 16.4. The predicted octanol–water partition coefficient (Wildman–Crippen LogP) is -0.450. The molecular formula is C9H6BBrF3KN2O. The summed E-state index contributed by atoms with van der Waals surface area (Å²) in [5, 5.41) is 0.168. The number of rotatable bonds is 2. The zero-order chi connectivity index (χ0) is 12.6. The van der Waals surface area contributed by atoms with Crippen LogP contribution in [0.3, 0.4) is 0 Å². The molecule has 90 valence electrons. The Hall–Kier alpha value is 0.331. The molecule has 0 unspecified atom stereocenters. The first-order valence-corrected chi connectivity index (χ1v) is 5.52. The van der Waals surface area contributed by atoms with Gasteiger partial charge in [0.05, 0.1) is 17.2 Å². The fourth-order valence-corrected chi connectivity index (χ4v) is 1.85. The van der Waals surface area contributed by atoms with E-state index in [0.29, 0.717) is 14.6 Å². The largest absolute Gasteiger partial charge is 1.00 e. The van der Waals surface area contributed by atoms with Crippen LogP contribution in [0.1, 0.15) is 0 Å². The van der Waals surface area contributed by atoms with Gasteiger partial charge in [-0.15, -0.1) is 0 Å². The zero-order valence-electron chi connectivity index (χ0n) is 9.41. The predicted molar refractivity (Wildman–Crippen MR) is 62.8 cm³/mol. The quantitative estimate of drug-likeness (QED) is 0.692. The third-order valence-electron chi connectivity index (χ3n) is 2.19. The van der Waals surface area contributed by atoms with Gasteiger partial charge in [0.25, 0.3) is 5.56 Å². The van der Waals surface area contributed by atoms with Crippen molar-refractivity contribution in [1.29, 1.82) is 0 Å². The van der Waals surface area contributed by atoms with Gasteiger partial charge in [-0.1, -0.05) is 15.9 Å². The smallest absolute Gasteiger partial charge is 0.448 e. The van der Waals surface area contributed by atoms with E-state index in [9.17, 15) is 17.7 Å². The van der Waals surface area contributed by atoms with Gasteiger partial charge < -0.3 is 17.5 Å². The van der Waals surface area contributed by atoms with E-state index in [4.69, 9.17) is 0 Å². The molecule has 0 saturated carbocycles. The van der Waals surface area contributed by atoms with E-state index in [1.165, 1.54) is 6.07 Å². The molecule has 0 bridgehead atoms. The summed E-state index contributed by atoms with van der Waals surface area (Å²) in [5.41, 5.74) is -0.306. The van der Waals surface area contributed by atoms with Crippen molar-refractivity contribution in [1.82, 2.24) is 9.55 Å². The SMILES string of the molecule is O=c1c2cc(Br)ccc2ncn1C[B-](F)(F)F.[K+]. The minimum Gasteiger partial charge on any atom is -0.448 e. The fraction of sp³-hybridized carbons (Fsp3) is 0.111. The molecule has 0 aliphatic rings. The average molecular weight is 345 g/mol. The van der Waals surface area contributed by atoms with E-state index in [0.717, 1.165) is 6.33 Å². The summed E-state index contributed by atoms with van der Waals surface area (Å²) in [6.45, 7) is -5.06. The molecule has 0 atom stereocenters. The molecule has 9 heteroatoms. The maximum Gasteiger partial charge on any atom is 1.00 e. The Morgan fingerprint density at radius 1 is 1.33 bits per heavy atom. The van der Waals surface area contributed by atoms with Crippen LogP contribution < -0.4 is 56.9 Å². The van der Waals surface area contributed by atoms with Crippen LogP contribution in [0.4, 0.5) is 12.9 Å². The van der Waals surface area contributed by atoms with Crippen LogP contribution in [0, 0.1) is 0 Å². The van der Waals surface area contributed by atoms with Crippen LogP contribution >= 0.6 is 15.9 Å². The van der Waals surface area contributed by atoms with Crippen LogP contribution in [0.15, 0.2) is 33.8 Å². The Bertz CT molecular complexity index is 631. The summed E-state index contributed by atoms with van der Waals surface area (Å²) >= 11 is 3.16. The number of benzene rings is 1. The molecule has 1 heterocycles. The summed E-state index contributed by atoms with van der Waals surface area (Å²) in [6, 6.07) is 4.71. The Kier molecular flexibility index (Phi) is 5.63. The van der Waals surface area contributed by atoms with Crippen LogP contribution in [0.5, 0.6) is 0 Å². The van der Waals surface area contributed by atoms with Crippen molar-refractivity contribution in [3.63, 3.8) is 0 Å². The third-order valence-corrected chi connectivity index (χ3v) is 2.68. The van der Waals surface area contributed by atoms with E-state index in [1.807, 2.05) is 0 Å². The Balaban J connectivity index is 0.00000162. The van der Waals surface area contributed by atoms with Gasteiger partial charge >= 0.3 is 58.4 Å². The van der Waals surface area contributed by atoms with E-state index < -0.39 is 19.0 Å². The van der Waals surface area contributed by atoms with E-state index >= 15 is 0 Å². The first-order chi connectivity index (χ1) is 7.87. The van der Waals surface area contributed by atoms with E-state index in [-0.39, 0.29) is 56.8 Å². The monoisotopic (exact) mass is 344 g/mol. The molecular weight excluding hydrogens is 339 g/mol. The second-order valence-corrected chi connectivity index (χ2v) is 4.49. The number of halogens is 4. The normalized spacial score (nSPS) is 11.3. The van der Waals surface area contributed by atoms with Gasteiger partial charge in [0.2, 0.25) is 0 Å². The molecule has 0 fully saturated rings. The summed E-state index contributed by atoms with van der Waals surface area (Å²) in [6.07, 6.45) is -0.345. The molecule has 2 aromatic rings. The van der Waals surface area contributed by atoms with Crippen LogP contribution in [0.2, 0.25) is 0 Å². The third kappa shape index (κ3) is 3.91. The standard InChI is InChI=1S/C9H6BBrF3N2O.K/c11-6-1-2-8-7(3-6)9(17)16(5-15-8)4-10(12,13)14;/h1-3,5H,4H2;/q-1;+1. The molecule has 0 aliphatic heterocycles. The minimum atomic E-state index is -5.06. The number of hydrogen-bond acceptors (Lipinski definition) is 2. The van der Waals surface area contributed by atoms with Crippen LogP contribution in [-0.2, 0) is 6.44 Å². The van der Waals surface area contributed by atoms with Gasteiger partial charge in [-0.25, -0.2) is 4.98 Å². The van der Waals surface area contributed by atoms with E-state index in [2.05, 4.69) is 20.9 Å². The maximum absolute atomic E-state index is 12.3. The molecule has 18 heavy (non-hydrogen) atoms. The number of fused-ring (bicyclic) bond motifs is 1. The minimum absolute atomic E-state index is 0. The Labute approximate surface area is 151 Å². The summed E-state index contributed by atoms with van der Waals surface area (Å²) in [4.78, 5) is 15.6. The van der Waals surface area contributed by atoms with Gasteiger partial charge in [0.1, 0.15) is 0 Å². The fourth-order valence-electron chi connectivity index (χ4n) is 1.48. The molecule has 1 aromatic carbocycles. The molecule has 0 saturated heterocycles. The Morgan fingerprint density at radius 3 is 2.61 bits per heavy atom. The molecule has 1 aromatic heterocycles. The second-order valence-electron chi connectivity index (χ2n) is 3.57. The average Bonchev–Trinajstić information content (AvgIpc) is 2.21.